The summed E-state index contributed by atoms with van der Waals surface area (Å²) in [5.74, 6) is 0. The van der Waals surface area contributed by atoms with Gasteiger partial charge in [0, 0.05) is 14.2 Å². The molecule has 0 radical (unpaired) electrons. The minimum absolute atomic E-state index is 0.00886. The van der Waals surface area contributed by atoms with Crippen LogP contribution >= 0.6 is 0 Å². The molecule has 0 saturated heterocycles. The number of aldehydes is 1. The minimum Gasteiger partial charge on any atom is -0.374 e. The number of carbonyl (C=O) groups is 1. The molecule has 0 aliphatic heterocycles. The molecule has 1 rings (SSSR count). The number of ether oxygens (including phenoxy) is 5. The van der Waals surface area contributed by atoms with E-state index < -0.39 is 12.2 Å². The third-order valence-electron chi connectivity index (χ3n) is 2.67. The van der Waals surface area contributed by atoms with Crippen LogP contribution in [0, 0.1) is 0 Å². The third-order valence-corrected chi connectivity index (χ3v) is 2.67. The molecule has 118 valence electrons. The number of rotatable bonds is 12. The van der Waals surface area contributed by atoms with Gasteiger partial charge in [-0.25, -0.2) is 0 Å². The fraction of sp³-hybridized carbons (Fsp3) is 0.533. The summed E-state index contributed by atoms with van der Waals surface area (Å²) in [7, 11) is 2.99. The van der Waals surface area contributed by atoms with Crippen molar-refractivity contribution in [2.75, 3.05) is 34.4 Å². The summed E-state index contributed by atoms with van der Waals surface area (Å²) >= 11 is 0. The van der Waals surface area contributed by atoms with Gasteiger partial charge in [0.15, 0.2) is 6.29 Å². The molecule has 1 aromatic carbocycles. The molecule has 0 fully saturated rings. The molecule has 0 aliphatic carbocycles. The summed E-state index contributed by atoms with van der Waals surface area (Å²) in [5.41, 5.74) is 1.04. The molecule has 0 unspecified atom stereocenters. The predicted molar refractivity (Wildman–Crippen MR) is 75.7 cm³/mol. The molecule has 0 bridgehead atoms. The van der Waals surface area contributed by atoms with E-state index in [2.05, 4.69) is 0 Å². The van der Waals surface area contributed by atoms with Crippen LogP contribution in [-0.4, -0.2) is 52.9 Å². The first-order valence-corrected chi connectivity index (χ1v) is 6.59. The summed E-state index contributed by atoms with van der Waals surface area (Å²) < 4.78 is 25.9. The molecule has 6 heteroatoms. The Bertz CT molecular complexity index is 370. The average molecular weight is 298 g/mol. The van der Waals surface area contributed by atoms with Crippen LogP contribution in [0.3, 0.4) is 0 Å². The summed E-state index contributed by atoms with van der Waals surface area (Å²) in [6, 6.07) is 9.74. The first-order valence-electron chi connectivity index (χ1n) is 6.59. The molecule has 0 amide bonds. The van der Waals surface area contributed by atoms with Crippen LogP contribution in [0.15, 0.2) is 30.3 Å². The molecule has 0 aliphatic rings. The van der Waals surface area contributed by atoms with E-state index in [0.29, 0.717) is 12.9 Å². The maximum absolute atomic E-state index is 11.1. The topological polar surface area (TPSA) is 63.2 Å². The van der Waals surface area contributed by atoms with Gasteiger partial charge in [-0.3, -0.25) is 0 Å². The smallest absolute Gasteiger partial charge is 0.151 e. The van der Waals surface area contributed by atoms with Crippen LogP contribution in [0.4, 0.5) is 0 Å². The normalized spacial score (nSPS) is 13.8. The van der Waals surface area contributed by atoms with Gasteiger partial charge >= 0.3 is 0 Å². The Labute approximate surface area is 124 Å². The Morgan fingerprint density at radius 2 is 1.71 bits per heavy atom. The summed E-state index contributed by atoms with van der Waals surface area (Å²) in [4.78, 5) is 11.1. The Hall–Kier alpha value is -1.31. The van der Waals surface area contributed by atoms with Crippen molar-refractivity contribution in [3.63, 3.8) is 0 Å². The number of hydrogen-bond donors (Lipinski definition) is 0. The van der Waals surface area contributed by atoms with Crippen LogP contribution in [0.1, 0.15) is 5.56 Å². The lowest BCUT2D eigenvalue weighted by Gasteiger charge is -2.23. The monoisotopic (exact) mass is 298 g/mol. The lowest BCUT2D eigenvalue weighted by atomic mass is 10.2. The fourth-order valence-corrected chi connectivity index (χ4v) is 1.64. The van der Waals surface area contributed by atoms with Gasteiger partial charge in [-0.2, -0.15) is 0 Å². The van der Waals surface area contributed by atoms with Gasteiger partial charge in [-0.1, -0.05) is 30.3 Å². The summed E-state index contributed by atoms with van der Waals surface area (Å²) in [6.45, 7) is 0.712. The van der Waals surface area contributed by atoms with Gasteiger partial charge in [-0.05, 0) is 5.56 Å². The molecule has 2 atom stereocenters. The first-order chi connectivity index (χ1) is 10.3. The molecule has 21 heavy (non-hydrogen) atoms. The Morgan fingerprint density at radius 3 is 2.33 bits per heavy atom. The second-order valence-corrected chi connectivity index (χ2v) is 4.29. The van der Waals surface area contributed by atoms with Gasteiger partial charge in [0.1, 0.15) is 25.8 Å². The summed E-state index contributed by atoms with van der Waals surface area (Å²) in [5, 5.41) is 0. The van der Waals surface area contributed by atoms with Crippen molar-refractivity contribution in [3.8, 4) is 0 Å². The zero-order valence-electron chi connectivity index (χ0n) is 12.4. The molecular formula is C15H22O6. The molecule has 0 aromatic heterocycles. The molecule has 0 saturated carbocycles. The average Bonchev–Trinajstić information content (AvgIpc) is 2.53. The van der Waals surface area contributed by atoms with E-state index in [4.69, 9.17) is 23.7 Å². The van der Waals surface area contributed by atoms with Crippen molar-refractivity contribution < 1.29 is 28.5 Å². The minimum atomic E-state index is -0.768. The van der Waals surface area contributed by atoms with Gasteiger partial charge in [-0.15, -0.1) is 0 Å². The highest BCUT2D eigenvalue weighted by atomic mass is 16.7. The fourth-order valence-electron chi connectivity index (χ4n) is 1.64. The van der Waals surface area contributed by atoms with Crippen LogP contribution in [-0.2, 0) is 35.1 Å². The molecule has 0 heterocycles. The van der Waals surface area contributed by atoms with Crippen molar-refractivity contribution >= 4 is 6.29 Å². The lowest BCUT2D eigenvalue weighted by Crippen LogP contribution is -2.37. The second kappa shape index (κ2) is 11.4. The first kappa shape index (κ1) is 17.7. The third kappa shape index (κ3) is 7.31. The molecule has 0 N–H and O–H groups in total. The zero-order valence-corrected chi connectivity index (χ0v) is 12.4. The van der Waals surface area contributed by atoms with Gasteiger partial charge in [0.25, 0.3) is 0 Å². The maximum Gasteiger partial charge on any atom is 0.151 e. The van der Waals surface area contributed by atoms with Crippen LogP contribution in [0.25, 0.3) is 0 Å². The van der Waals surface area contributed by atoms with Crippen LogP contribution in [0.5, 0.6) is 0 Å². The molecule has 1 aromatic rings. The maximum atomic E-state index is 11.1. The van der Waals surface area contributed by atoms with Crippen molar-refractivity contribution in [2.24, 2.45) is 0 Å². The van der Waals surface area contributed by atoms with Gasteiger partial charge in [0.05, 0.1) is 13.2 Å². The second-order valence-electron chi connectivity index (χ2n) is 4.29. The number of carbonyl (C=O) groups excluding carboxylic acids is 1. The Kier molecular flexibility index (Phi) is 9.60. The Balaban J connectivity index is 2.45. The zero-order chi connectivity index (χ0) is 15.3. The number of methoxy groups -OCH3 is 2. The van der Waals surface area contributed by atoms with Crippen molar-refractivity contribution in [1.82, 2.24) is 0 Å². The van der Waals surface area contributed by atoms with Crippen LogP contribution in [0.2, 0.25) is 0 Å². The SMILES string of the molecule is COCO[C@@H](C=O)[C@H](COCc1ccccc1)OCOC. The van der Waals surface area contributed by atoms with Crippen molar-refractivity contribution in [1.29, 1.82) is 0 Å². The molecule has 6 nitrogen and oxygen atoms in total. The quantitative estimate of drug-likeness (QED) is 0.429. The Morgan fingerprint density at radius 1 is 1.05 bits per heavy atom. The van der Waals surface area contributed by atoms with Gasteiger partial charge in [0.2, 0.25) is 0 Å². The van der Waals surface area contributed by atoms with E-state index in [1.54, 1.807) is 0 Å². The van der Waals surface area contributed by atoms with E-state index in [0.717, 1.165) is 5.56 Å². The highest BCUT2D eigenvalue weighted by molar-refractivity contribution is 5.57. The van der Waals surface area contributed by atoms with E-state index in [1.165, 1.54) is 14.2 Å². The van der Waals surface area contributed by atoms with E-state index in [1.807, 2.05) is 30.3 Å². The number of hydrogen-bond acceptors (Lipinski definition) is 6. The van der Waals surface area contributed by atoms with E-state index >= 15 is 0 Å². The van der Waals surface area contributed by atoms with Crippen molar-refractivity contribution in [3.05, 3.63) is 35.9 Å². The summed E-state index contributed by atoms with van der Waals surface area (Å²) in [6.07, 6.45) is -0.650. The standard InChI is InChI=1S/C15H22O6/c1-17-11-20-14(8-16)15(21-12-18-2)10-19-9-13-6-4-3-5-7-13/h3-8,14-15H,9-12H2,1-2H3/t14-,15-/m0/s1. The van der Waals surface area contributed by atoms with Gasteiger partial charge < -0.3 is 28.5 Å². The largest absolute Gasteiger partial charge is 0.374 e. The highest BCUT2D eigenvalue weighted by Gasteiger charge is 2.23. The van der Waals surface area contributed by atoms with Crippen molar-refractivity contribution in [2.45, 2.75) is 18.8 Å². The van der Waals surface area contributed by atoms with E-state index in [-0.39, 0.29) is 20.2 Å². The van der Waals surface area contributed by atoms with E-state index in [9.17, 15) is 4.79 Å². The molecular weight excluding hydrogens is 276 g/mol. The van der Waals surface area contributed by atoms with Crippen LogP contribution < -0.4 is 0 Å². The highest BCUT2D eigenvalue weighted by Crippen LogP contribution is 2.07. The predicted octanol–water partition coefficient (Wildman–Crippen LogP) is 1.38. The lowest BCUT2D eigenvalue weighted by molar-refractivity contribution is -0.174. The number of benzene rings is 1. The molecule has 0 spiro atoms.